The van der Waals surface area contributed by atoms with Gasteiger partial charge in [-0.3, -0.25) is 0 Å². The first-order valence-corrected chi connectivity index (χ1v) is 6.44. The van der Waals surface area contributed by atoms with Crippen molar-refractivity contribution < 1.29 is 18.7 Å². The van der Waals surface area contributed by atoms with Crippen LogP contribution in [-0.4, -0.2) is 13.1 Å². The highest BCUT2D eigenvalue weighted by atomic mass is 35.5. The molecular formula is C15H13ClFNO3. The lowest BCUT2D eigenvalue weighted by Crippen LogP contribution is -2.10. The third kappa shape index (κ3) is 3.44. The quantitative estimate of drug-likeness (QED) is 0.694. The van der Waals surface area contributed by atoms with Crippen molar-refractivity contribution in [1.82, 2.24) is 0 Å². The van der Waals surface area contributed by atoms with E-state index in [0.717, 1.165) is 0 Å². The Kier molecular flexibility index (Phi) is 4.65. The number of anilines is 1. The van der Waals surface area contributed by atoms with Gasteiger partial charge in [0.05, 0.1) is 12.1 Å². The molecule has 0 amide bonds. The summed E-state index contributed by atoms with van der Waals surface area (Å²) in [5, 5.41) is 0.0130. The minimum absolute atomic E-state index is 0.0130. The molecule has 21 heavy (non-hydrogen) atoms. The molecule has 0 aliphatic rings. The van der Waals surface area contributed by atoms with Crippen LogP contribution in [0.25, 0.3) is 0 Å². The van der Waals surface area contributed by atoms with E-state index in [1.807, 2.05) is 0 Å². The topological polar surface area (TPSA) is 61.5 Å². The number of rotatable bonds is 4. The van der Waals surface area contributed by atoms with Crippen LogP contribution in [0, 0.1) is 5.82 Å². The van der Waals surface area contributed by atoms with Gasteiger partial charge in [0.1, 0.15) is 23.7 Å². The number of halogens is 2. The lowest BCUT2D eigenvalue weighted by molar-refractivity contribution is 0.0470. The Hall–Kier alpha value is -2.27. The van der Waals surface area contributed by atoms with E-state index < -0.39 is 11.8 Å². The SMILES string of the molecule is COc1cccc(N)c1C(=O)OCc1ccc(Cl)c(F)c1. The number of esters is 1. The summed E-state index contributed by atoms with van der Waals surface area (Å²) in [5.74, 6) is -0.885. The van der Waals surface area contributed by atoms with Crippen LogP contribution in [0.4, 0.5) is 10.1 Å². The van der Waals surface area contributed by atoms with Gasteiger partial charge in [0.15, 0.2) is 0 Å². The molecule has 0 saturated heterocycles. The highest BCUT2D eigenvalue weighted by Gasteiger charge is 2.17. The summed E-state index contributed by atoms with van der Waals surface area (Å²) in [6.45, 7) is -0.0928. The minimum Gasteiger partial charge on any atom is -0.496 e. The van der Waals surface area contributed by atoms with E-state index in [-0.39, 0.29) is 22.9 Å². The fourth-order valence-corrected chi connectivity index (χ4v) is 1.90. The van der Waals surface area contributed by atoms with Crippen molar-refractivity contribution >= 4 is 23.3 Å². The number of methoxy groups -OCH3 is 1. The van der Waals surface area contributed by atoms with Crippen LogP contribution in [-0.2, 0) is 11.3 Å². The molecule has 0 bridgehead atoms. The molecule has 0 radical (unpaired) electrons. The summed E-state index contributed by atoms with van der Waals surface area (Å²) in [6.07, 6.45) is 0. The van der Waals surface area contributed by atoms with Crippen molar-refractivity contribution in [1.29, 1.82) is 0 Å². The summed E-state index contributed by atoms with van der Waals surface area (Å²) in [6, 6.07) is 9.03. The Balaban J connectivity index is 2.13. The van der Waals surface area contributed by atoms with Gasteiger partial charge in [-0.25, -0.2) is 9.18 Å². The van der Waals surface area contributed by atoms with Crippen molar-refractivity contribution in [2.45, 2.75) is 6.61 Å². The molecule has 0 spiro atoms. The fourth-order valence-electron chi connectivity index (χ4n) is 1.79. The Bertz CT molecular complexity index is 676. The van der Waals surface area contributed by atoms with E-state index in [1.54, 1.807) is 24.3 Å². The normalized spacial score (nSPS) is 10.2. The summed E-state index contributed by atoms with van der Waals surface area (Å²) < 4.78 is 23.5. The third-order valence-corrected chi connectivity index (χ3v) is 3.14. The molecule has 0 saturated carbocycles. The van der Waals surface area contributed by atoms with Crippen LogP contribution in [0.1, 0.15) is 15.9 Å². The largest absolute Gasteiger partial charge is 0.496 e. The average molecular weight is 310 g/mol. The van der Waals surface area contributed by atoms with Crippen molar-refractivity contribution in [3.8, 4) is 5.75 Å². The number of benzene rings is 2. The van der Waals surface area contributed by atoms with Crippen molar-refractivity contribution in [3.05, 3.63) is 58.4 Å². The van der Waals surface area contributed by atoms with Crippen molar-refractivity contribution in [3.63, 3.8) is 0 Å². The Labute approximate surface area is 126 Å². The number of carbonyl (C=O) groups excluding carboxylic acids is 1. The second-order valence-electron chi connectivity index (χ2n) is 4.25. The molecule has 110 valence electrons. The van der Waals surface area contributed by atoms with Crippen LogP contribution < -0.4 is 10.5 Å². The minimum atomic E-state index is -0.639. The van der Waals surface area contributed by atoms with Crippen LogP contribution in [0.5, 0.6) is 5.75 Å². The first kappa shape index (κ1) is 15.1. The summed E-state index contributed by atoms with van der Waals surface area (Å²) in [7, 11) is 1.43. The van der Waals surface area contributed by atoms with E-state index in [2.05, 4.69) is 0 Å². The predicted molar refractivity (Wildman–Crippen MR) is 77.9 cm³/mol. The molecule has 2 rings (SSSR count). The van der Waals surface area contributed by atoms with Crippen molar-refractivity contribution in [2.75, 3.05) is 12.8 Å². The summed E-state index contributed by atoms with van der Waals surface area (Å²) in [4.78, 5) is 12.1. The summed E-state index contributed by atoms with van der Waals surface area (Å²) in [5.41, 5.74) is 6.64. The summed E-state index contributed by atoms with van der Waals surface area (Å²) >= 11 is 5.58. The number of ether oxygens (including phenoxy) is 2. The van der Waals surface area contributed by atoms with E-state index in [9.17, 15) is 9.18 Å². The van der Waals surface area contributed by atoms with Crippen LogP contribution in [0.2, 0.25) is 5.02 Å². The molecular weight excluding hydrogens is 297 g/mol. The van der Waals surface area contributed by atoms with E-state index >= 15 is 0 Å². The van der Waals surface area contributed by atoms with Crippen LogP contribution >= 0.6 is 11.6 Å². The average Bonchev–Trinajstić information content (AvgIpc) is 2.47. The van der Waals surface area contributed by atoms with Gasteiger partial charge in [-0.05, 0) is 29.8 Å². The molecule has 6 heteroatoms. The number of hydrogen-bond donors (Lipinski definition) is 1. The standard InChI is InChI=1S/C15H13ClFNO3/c1-20-13-4-2-3-12(18)14(13)15(19)21-8-9-5-6-10(16)11(17)7-9/h2-7H,8,18H2,1H3. The van der Waals surface area contributed by atoms with Crippen LogP contribution in [0.15, 0.2) is 36.4 Å². The smallest absolute Gasteiger partial charge is 0.344 e. The molecule has 2 aromatic carbocycles. The molecule has 0 unspecified atom stereocenters. The Morgan fingerprint density at radius 3 is 2.76 bits per heavy atom. The van der Waals surface area contributed by atoms with Gasteiger partial charge in [0.25, 0.3) is 0 Å². The fraction of sp³-hybridized carbons (Fsp3) is 0.133. The van der Waals surface area contributed by atoms with Gasteiger partial charge in [0.2, 0.25) is 0 Å². The van der Waals surface area contributed by atoms with Gasteiger partial charge in [-0.2, -0.15) is 0 Å². The monoisotopic (exact) mass is 309 g/mol. The second-order valence-corrected chi connectivity index (χ2v) is 4.66. The molecule has 4 nitrogen and oxygen atoms in total. The van der Waals surface area contributed by atoms with Gasteiger partial charge in [0, 0.05) is 5.69 Å². The highest BCUT2D eigenvalue weighted by Crippen LogP contribution is 2.25. The molecule has 0 heterocycles. The lowest BCUT2D eigenvalue weighted by Gasteiger charge is -2.11. The molecule has 2 N–H and O–H groups in total. The molecule has 0 atom stereocenters. The molecule has 0 aliphatic carbocycles. The number of carbonyl (C=O) groups is 1. The zero-order valence-corrected chi connectivity index (χ0v) is 12.0. The van der Waals surface area contributed by atoms with Gasteiger partial charge < -0.3 is 15.2 Å². The van der Waals surface area contributed by atoms with E-state index in [4.69, 9.17) is 26.8 Å². The Morgan fingerprint density at radius 2 is 2.10 bits per heavy atom. The Morgan fingerprint density at radius 1 is 1.33 bits per heavy atom. The number of hydrogen-bond acceptors (Lipinski definition) is 4. The van der Waals surface area contributed by atoms with E-state index in [0.29, 0.717) is 11.3 Å². The molecule has 0 fully saturated rings. The van der Waals surface area contributed by atoms with E-state index in [1.165, 1.54) is 19.2 Å². The van der Waals surface area contributed by atoms with Gasteiger partial charge in [-0.1, -0.05) is 23.7 Å². The van der Waals surface area contributed by atoms with Crippen molar-refractivity contribution in [2.24, 2.45) is 0 Å². The predicted octanol–water partition coefficient (Wildman–Crippen LogP) is 3.43. The number of nitrogens with two attached hydrogens (primary N) is 1. The zero-order chi connectivity index (χ0) is 15.4. The highest BCUT2D eigenvalue weighted by molar-refractivity contribution is 6.30. The van der Waals surface area contributed by atoms with Crippen LogP contribution in [0.3, 0.4) is 0 Å². The van der Waals surface area contributed by atoms with Gasteiger partial charge >= 0.3 is 5.97 Å². The zero-order valence-electron chi connectivity index (χ0n) is 11.2. The number of nitrogen functional groups attached to an aromatic ring is 1. The molecule has 0 aromatic heterocycles. The second kappa shape index (κ2) is 6.45. The maximum atomic E-state index is 13.3. The van der Waals surface area contributed by atoms with Gasteiger partial charge in [-0.15, -0.1) is 0 Å². The maximum absolute atomic E-state index is 13.3. The first-order chi connectivity index (χ1) is 10.0. The third-order valence-electron chi connectivity index (χ3n) is 2.84. The molecule has 2 aromatic rings. The molecule has 0 aliphatic heterocycles. The lowest BCUT2D eigenvalue weighted by atomic mass is 10.1. The maximum Gasteiger partial charge on any atom is 0.344 e. The first-order valence-electron chi connectivity index (χ1n) is 6.06.